The monoisotopic (exact) mass is 196 g/mol. The van der Waals surface area contributed by atoms with E-state index in [9.17, 15) is 0 Å². The standard InChI is InChI=1S/C10H16N2S/c1-7(2)5-11-8(3)10-9(4)12-6-13-10/h6,8,11H,1,5H2,2-4H3. The van der Waals surface area contributed by atoms with Crippen molar-refractivity contribution in [2.24, 2.45) is 0 Å². The fraction of sp³-hybridized carbons (Fsp3) is 0.500. The second-order valence-electron chi connectivity index (χ2n) is 3.36. The van der Waals surface area contributed by atoms with E-state index in [-0.39, 0.29) is 0 Å². The molecule has 1 unspecified atom stereocenters. The van der Waals surface area contributed by atoms with Crippen molar-refractivity contribution >= 4 is 11.3 Å². The van der Waals surface area contributed by atoms with Crippen molar-refractivity contribution < 1.29 is 0 Å². The van der Waals surface area contributed by atoms with Gasteiger partial charge >= 0.3 is 0 Å². The van der Waals surface area contributed by atoms with Gasteiger partial charge in [-0.25, -0.2) is 4.98 Å². The fourth-order valence-electron chi connectivity index (χ4n) is 1.15. The molecule has 0 saturated carbocycles. The van der Waals surface area contributed by atoms with Gasteiger partial charge in [0.1, 0.15) is 0 Å². The first-order valence-electron chi connectivity index (χ1n) is 4.39. The molecule has 0 aliphatic rings. The summed E-state index contributed by atoms with van der Waals surface area (Å²) in [4.78, 5) is 5.54. The number of aryl methyl sites for hydroxylation is 1. The predicted octanol–water partition coefficient (Wildman–Crippen LogP) is 2.68. The second kappa shape index (κ2) is 4.53. The van der Waals surface area contributed by atoms with Crippen molar-refractivity contribution in [3.8, 4) is 0 Å². The third-order valence-corrected chi connectivity index (χ3v) is 3.00. The Morgan fingerprint density at radius 3 is 2.92 bits per heavy atom. The zero-order valence-corrected chi connectivity index (χ0v) is 9.24. The SMILES string of the molecule is C=C(C)CNC(C)c1scnc1C. The molecule has 0 radical (unpaired) electrons. The van der Waals surface area contributed by atoms with Gasteiger partial charge in [0, 0.05) is 17.5 Å². The average Bonchev–Trinajstić information content (AvgIpc) is 2.47. The third kappa shape index (κ3) is 2.94. The molecule has 0 amide bonds. The number of nitrogens with one attached hydrogen (secondary N) is 1. The van der Waals surface area contributed by atoms with E-state index in [4.69, 9.17) is 0 Å². The van der Waals surface area contributed by atoms with E-state index in [2.05, 4.69) is 23.8 Å². The first-order chi connectivity index (χ1) is 6.11. The first kappa shape index (κ1) is 10.4. The highest BCUT2D eigenvalue weighted by Crippen LogP contribution is 2.20. The van der Waals surface area contributed by atoms with Crippen molar-refractivity contribution in [2.75, 3.05) is 6.54 Å². The summed E-state index contributed by atoms with van der Waals surface area (Å²) in [5.74, 6) is 0. The number of hydrogen-bond donors (Lipinski definition) is 1. The molecule has 1 N–H and O–H groups in total. The molecule has 1 atom stereocenters. The quantitative estimate of drug-likeness (QED) is 0.749. The van der Waals surface area contributed by atoms with Gasteiger partial charge in [-0.05, 0) is 20.8 Å². The fourth-order valence-corrected chi connectivity index (χ4v) is 1.98. The molecule has 3 heteroatoms. The number of hydrogen-bond acceptors (Lipinski definition) is 3. The Labute approximate surface area is 83.7 Å². The molecule has 0 fully saturated rings. The molecular weight excluding hydrogens is 180 g/mol. The molecule has 0 aliphatic carbocycles. The van der Waals surface area contributed by atoms with E-state index in [0.29, 0.717) is 6.04 Å². The lowest BCUT2D eigenvalue weighted by Crippen LogP contribution is -2.20. The minimum absolute atomic E-state index is 0.379. The smallest absolute Gasteiger partial charge is 0.0798 e. The molecule has 0 aromatic carbocycles. The average molecular weight is 196 g/mol. The molecule has 2 nitrogen and oxygen atoms in total. The van der Waals surface area contributed by atoms with Crippen LogP contribution in [0, 0.1) is 6.92 Å². The molecule has 0 bridgehead atoms. The van der Waals surface area contributed by atoms with Gasteiger partial charge in [0.05, 0.1) is 11.2 Å². The van der Waals surface area contributed by atoms with Crippen LogP contribution in [0.25, 0.3) is 0 Å². The molecule has 0 spiro atoms. The first-order valence-corrected chi connectivity index (χ1v) is 5.27. The van der Waals surface area contributed by atoms with Crippen LogP contribution in [0.1, 0.15) is 30.5 Å². The largest absolute Gasteiger partial charge is 0.306 e. The van der Waals surface area contributed by atoms with E-state index in [0.717, 1.165) is 17.8 Å². The lowest BCUT2D eigenvalue weighted by atomic mass is 10.2. The van der Waals surface area contributed by atoms with Crippen molar-refractivity contribution in [2.45, 2.75) is 26.8 Å². The summed E-state index contributed by atoms with van der Waals surface area (Å²) < 4.78 is 0. The van der Waals surface area contributed by atoms with Crippen LogP contribution in [0.4, 0.5) is 0 Å². The highest BCUT2D eigenvalue weighted by atomic mass is 32.1. The third-order valence-electron chi connectivity index (χ3n) is 1.89. The van der Waals surface area contributed by atoms with Crippen LogP contribution in [-0.2, 0) is 0 Å². The van der Waals surface area contributed by atoms with Crippen molar-refractivity contribution in [1.82, 2.24) is 10.3 Å². The van der Waals surface area contributed by atoms with Crippen LogP contribution in [0.15, 0.2) is 17.7 Å². The van der Waals surface area contributed by atoms with Crippen LogP contribution in [0.2, 0.25) is 0 Å². The van der Waals surface area contributed by atoms with Crippen LogP contribution < -0.4 is 5.32 Å². The molecule has 0 aliphatic heterocycles. The van der Waals surface area contributed by atoms with E-state index >= 15 is 0 Å². The summed E-state index contributed by atoms with van der Waals surface area (Å²) >= 11 is 1.71. The lowest BCUT2D eigenvalue weighted by molar-refractivity contribution is 0.613. The summed E-state index contributed by atoms with van der Waals surface area (Å²) in [5, 5.41) is 3.40. The Bertz CT molecular complexity index is 291. The normalized spacial score (nSPS) is 12.8. The highest BCUT2D eigenvalue weighted by Gasteiger charge is 2.09. The van der Waals surface area contributed by atoms with E-state index in [1.165, 1.54) is 4.88 Å². The summed E-state index contributed by atoms with van der Waals surface area (Å²) in [6.07, 6.45) is 0. The van der Waals surface area contributed by atoms with Gasteiger partial charge in [0.25, 0.3) is 0 Å². The van der Waals surface area contributed by atoms with Gasteiger partial charge in [0.15, 0.2) is 0 Å². The molecule has 72 valence electrons. The minimum Gasteiger partial charge on any atom is -0.306 e. The maximum atomic E-state index is 4.22. The van der Waals surface area contributed by atoms with Gasteiger partial charge in [-0.3, -0.25) is 0 Å². The minimum atomic E-state index is 0.379. The van der Waals surface area contributed by atoms with Gasteiger partial charge in [-0.2, -0.15) is 0 Å². The van der Waals surface area contributed by atoms with Gasteiger partial charge in [-0.15, -0.1) is 11.3 Å². The van der Waals surface area contributed by atoms with E-state index in [1.807, 2.05) is 19.4 Å². The molecule has 13 heavy (non-hydrogen) atoms. The predicted molar refractivity (Wildman–Crippen MR) is 58.1 cm³/mol. The zero-order valence-electron chi connectivity index (χ0n) is 8.42. The molecule has 1 aromatic rings. The Morgan fingerprint density at radius 1 is 1.77 bits per heavy atom. The van der Waals surface area contributed by atoms with E-state index < -0.39 is 0 Å². The van der Waals surface area contributed by atoms with E-state index in [1.54, 1.807) is 11.3 Å². The Kier molecular flexibility index (Phi) is 3.63. The molecule has 1 heterocycles. The molecule has 0 saturated heterocycles. The summed E-state index contributed by atoms with van der Waals surface area (Å²) in [5.41, 5.74) is 4.18. The zero-order chi connectivity index (χ0) is 9.84. The van der Waals surface area contributed by atoms with Crippen LogP contribution in [-0.4, -0.2) is 11.5 Å². The summed E-state index contributed by atoms with van der Waals surface area (Å²) in [6.45, 7) is 11.0. The molecule has 1 rings (SSSR count). The lowest BCUT2D eigenvalue weighted by Gasteiger charge is -2.12. The number of thiazole rings is 1. The van der Waals surface area contributed by atoms with Gasteiger partial charge in [0.2, 0.25) is 0 Å². The Balaban J connectivity index is 2.53. The van der Waals surface area contributed by atoms with Gasteiger partial charge < -0.3 is 5.32 Å². The second-order valence-corrected chi connectivity index (χ2v) is 4.25. The number of rotatable bonds is 4. The van der Waals surface area contributed by atoms with Crippen molar-refractivity contribution in [1.29, 1.82) is 0 Å². The van der Waals surface area contributed by atoms with Crippen LogP contribution in [0.3, 0.4) is 0 Å². The van der Waals surface area contributed by atoms with Gasteiger partial charge in [-0.1, -0.05) is 12.2 Å². The van der Waals surface area contributed by atoms with Crippen molar-refractivity contribution in [3.05, 3.63) is 28.2 Å². The number of nitrogens with zero attached hydrogens (tertiary/aromatic N) is 1. The topological polar surface area (TPSA) is 24.9 Å². The maximum absolute atomic E-state index is 4.22. The van der Waals surface area contributed by atoms with Crippen LogP contribution in [0.5, 0.6) is 0 Å². The molecule has 1 aromatic heterocycles. The summed E-state index contributed by atoms with van der Waals surface area (Å²) in [7, 11) is 0. The Hall–Kier alpha value is -0.670. The Morgan fingerprint density at radius 2 is 2.46 bits per heavy atom. The van der Waals surface area contributed by atoms with Crippen LogP contribution >= 0.6 is 11.3 Å². The van der Waals surface area contributed by atoms with Crippen molar-refractivity contribution in [3.63, 3.8) is 0 Å². The highest BCUT2D eigenvalue weighted by molar-refractivity contribution is 7.09. The molecular formula is C10H16N2S. The maximum Gasteiger partial charge on any atom is 0.0798 e. The number of aromatic nitrogens is 1. The summed E-state index contributed by atoms with van der Waals surface area (Å²) in [6, 6.07) is 0.379.